The van der Waals surface area contributed by atoms with Crippen molar-refractivity contribution in [3.8, 4) is 0 Å². The number of hydrogen-bond acceptors (Lipinski definition) is 5. The van der Waals surface area contributed by atoms with Gasteiger partial charge < -0.3 is 15.1 Å². The molecule has 3 aromatic carbocycles. The van der Waals surface area contributed by atoms with Crippen LogP contribution in [0.2, 0.25) is 0 Å². The number of rotatable bonds is 7. The molecule has 3 aromatic rings. The van der Waals surface area contributed by atoms with Crippen molar-refractivity contribution < 1.29 is 17.6 Å². The number of amides is 1. The van der Waals surface area contributed by atoms with Gasteiger partial charge in [-0.3, -0.25) is 4.79 Å². The lowest BCUT2D eigenvalue weighted by molar-refractivity contribution is -0.120. The quantitative estimate of drug-likeness (QED) is 0.351. The van der Waals surface area contributed by atoms with E-state index in [2.05, 4.69) is 16.1 Å². The van der Waals surface area contributed by atoms with Crippen LogP contribution in [-0.4, -0.2) is 40.5 Å². The molecule has 1 atom stereocenters. The number of nitrogens with one attached hydrogen (secondary N) is 2. The number of hydrogen-bond donors (Lipinski definition) is 2. The summed E-state index contributed by atoms with van der Waals surface area (Å²) in [6, 6.07) is 19.7. The highest BCUT2D eigenvalue weighted by molar-refractivity contribution is 7.89. The number of nitrogens with zero attached hydrogens (tertiary/aromatic N) is 2. The first kappa shape index (κ1) is 28.7. The van der Waals surface area contributed by atoms with Crippen molar-refractivity contribution in [1.82, 2.24) is 4.72 Å². The first-order chi connectivity index (χ1) is 20.4. The molecule has 1 saturated carbocycles. The van der Waals surface area contributed by atoms with E-state index in [1.165, 1.54) is 11.6 Å². The lowest BCUT2D eigenvalue weighted by atomic mass is 9.88. The molecule has 0 radical (unpaired) electrons. The van der Waals surface area contributed by atoms with Gasteiger partial charge in [0.1, 0.15) is 10.7 Å². The van der Waals surface area contributed by atoms with E-state index in [0.717, 1.165) is 56.9 Å². The standard InChI is InChI=1S/C33H39FN4O3S/c34-28-14-6-7-16-30(28)37-19-21-38(22-20-37)31-18-17-26(35-33(39)25-10-2-1-3-11-25)23-32(31)42(40,41)36-29-15-8-12-24-9-4-5-13-27(24)29/h4-7,9,13-14,16-18,23,25,29,36H,1-3,8,10-12,15,19-22H2,(H,35,39)/t29-/m1/s1. The number of anilines is 3. The van der Waals surface area contributed by atoms with Crippen molar-refractivity contribution in [3.63, 3.8) is 0 Å². The second-order valence-electron chi connectivity index (χ2n) is 11.7. The molecule has 1 heterocycles. The van der Waals surface area contributed by atoms with Crippen molar-refractivity contribution in [3.05, 3.63) is 83.7 Å². The predicted octanol–water partition coefficient (Wildman–Crippen LogP) is 6.03. The third-order valence-electron chi connectivity index (χ3n) is 8.97. The summed E-state index contributed by atoms with van der Waals surface area (Å²) >= 11 is 0. The maximum Gasteiger partial charge on any atom is 0.243 e. The van der Waals surface area contributed by atoms with E-state index in [1.54, 1.807) is 30.3 Å². The van der Waals surface area contributed by atoms with Crippen LogP contribution >= 0.6 is 0 Å². The molecule has 2 N–H and O–H groups in total. The molecular weight excluding hydrogens is 551 g/mol. The topological polar surface area (TPSA) is 81.8 Å². The molecule has 2 aliphatic carbocycles. The molecule has 2 fully saturated rings. The van der Waals surface area contributed by atoms with Crippen LogP contribution in [-0.2, 0) is 21.2 Å². The van der Waals surface area contributed by atoms with Gasteiger partial charge in [0.15, 0.2) is 0 Å². The Kier molecular flexibility index (Phi) is 8.49. The molecule has 1 saturated heterocycles. The highest BCUT2D eigenvalue weighted by Crippen LogP contribution is 2.35. The maximum atomic E-state index is 14.4. The van der Waals surface area contributed by atoms with Crippen LogP contribution in [0.5, 0.6) is 0 Å². The van der Waals surface area contributed by atoms with Crippen molar-refractivity contribution >= 4 is 33.0 Å². The number of benzene rings is 3. The summed E-state index contributed by atoms with van der Waals surface area (Å²) in [6.45, 7) is 2.20. The minimum atomic E-state index is -3.95. The highest BCUT2D eigenvalue weighted by atomic mass is 32.2. The fourth-order valence-electron chi connectivity index (χ4n) is 6.70. The van der Waals surface area contributed by atoms with Gasteiger partial charge in [0, 0.05) is 43.8 Å². The van der Waals surface area contributed by atoms with Gasteiger partial charge in [-0.2, -0.15) is 0 Å². The maximum absolute atomic E-state index is 14.4. The van der Waals surface area contributed by atoms with Gasteiger partial charge in [0.2, 0.25) is 15.9 Å². The summed E-state index contributed by atoms with van der Waals surface area (Å²) in [6.07, 6.45) is 7.55. The van der Waals surface area contributed by atoms with Gasteiger partial charge >= 0.3 is 0 Å². The summed E-state index contributed by atoms with van der Waals surface area (Å²) in [5.41, 5.74) is 3.84. The fourth-order valence-corrected chi connectivity index (χ4v) is 8.20. The largest absolute Gasteiger partial charge is 0.367 e. The van der Waals surface area contributed by atoms with Gasteiger partial charge in [-0.1, -0.05) is 55.7 Å². The SMILES string of the molecule is O=C(Nc1ccc(N2CCN(c3ccccc3F)CC2)c(S(=O)(=O)N[C@@H]2CCCc3ccccc32)c1)C1CCCCC1. The van der Waals surface area contributed by atoms with Crippen molar-refractivity contribution in [2.75, 3.05) is 41.3 Å². The number of piperazine rings is 1. The minimum Gasteiger partial charge on any atom is -0.367 e. The van der Waals surface area contributed by atoms with Gasteiger partial charge in [-0.05, 0) is 73.6 Å². The van der Waals surface area contributed by atoms with Gasteiger partial charge in [-0.15, -0.1) is 0 Å². The number of halogens is 1. The molecule has 9 heteroatoms. The second kappa shape index (κ2) is 12.4. The Bertz CT molecular complexity index is 1530. The van der Waals surface area contributed by atoms with Crippen molar-refractivity contribution in [2.45, 2.75) is 62.3 Å². The normalized spacial score (nSPS) is 19.8. The Morgan fingerprint density at radius 2 is 1.48 bits per heavy atom. The zero-order valence-electron chi connectivity index (χ0n) is 23.9. The van der Waals surface area contributed by atoms with E-state index < -0.39 is 10.0 Å². The lowest BCUT2D eigenvalue weighted by Crippen LogP contribution is -2.47. The number of sulfonamides is 1. The van der Waals surface area contributed by atoms with E-state index in [9.17, 15) is 17.6 Å². The molecule has 0 spiro atoms. The fraction of sp³-hybridized carbons (Fsp3) is 0.424. The summed E-state index contributed by atoms with van der Waals surface area (Å²) in [7, 11) is -3.95. The second-order valence-corrected chi connectivity index (χ2v) is 13.4. The summed E-state index contributed by atoms with van der Waals surface area (Å²) in [5, 5.41) is 3.01. The number of carbonyl (C=O) groups excluding carboxylic acids is 1. The molecular formula is C33H39FN4O3S. The summed E-state index contributed by atoms with van der Waals surface area (Å²) in [5.74, 6) is -0.343. The Morgan fingerprint density at radius 1 is 0.786 bits per heavy atom. The molecule has 7 nitrogen and oxygen atoms in total. The zero-order chi connectivity index (χ0) is 29.1. The Labute approximate surface area is 248 Å². The third kappa shape index (κ3) is 6.17. The van der Waals surface area contributed by atoms with Crippen LogP contribution in [0.15, 0.2) is 71.6 Å². The molecule has 6 rings (SSSR count). The van der Waals surface area contributed by atoms with Crippen molar-refractivity contribution in [2.24, 2.45) is 5.92 Å². The Balaban J connectivity index is 1.28. The van der Waals surface area contributed by atoms with E-state index in [0.29, 0.717) is 43.2 Å². The van der Waals surface area contributed by atoms with Crippen LogP contribution in [0, 0.1) is 11.7 Å². The molecule has 1 amide bonds. The number of para-hydroxylation sites is 1. The number of aryl methyl sites for hydroxylation is 1. The molecule has 222 valence electrons. The average molecular weight is 591 g/mol. The first-order valence-electron chi connectivity index (χ1n) is 15.2. The molecule has 3 aliphatic rings. The van der Waals surface area contributed by atoms with Crippen LogP contribution in [0.1, 0.15) is 62.1 Å². The molecule has 0 aromatic heterocycles. The average Bonchev–Trinajstić information content (AvgIpc) is 3.02. The molecule has 42 heavy (non-hydrogen) atoms. The van der Waals surface area contributed by atoms with Crippen LogP contribution in [0.3, 0.4) is 0 Å². The lowest BCUT2D eigenvalue weighted by Gasteiger charge is -2.38. The van der Waals surface area contributed by atoms with E-state index >= 15 is 0 Å². The van der Waals surface area contributed by atoms with Crippen LogP contribution in [0.4, 0.5) is 21.5 Å². The first-order valence-corrected chi connectivity index (χ1v) is 16.7. The number of carbonyl (C=O) groups is 1. The number of fused-ring (bicyclic) bond motifs is 1. The zero-order valence-corrected chi connectivity index (χ0v) is 24.7. The van der Waals surface area contributed by atoms with Gasteiger partial charge in [0.05, 0.1) is 11.4 Å². The summed E-state index contributed by atoms with van der Waals surface area (Å²) in [4.78, 5) is 17.2. The van der Waals surface area contributed by atoms with E-state index in [1.807, 2.05) is 34.1 Å². The van der Waals surface area contributed by atoms with Crippen molar-refractivity contribution in [1.29, 1.82) is 0 Å². The monoisotopic (exact) mass is 590 g/mol. The minimum absolute atomic E-state index is 0.0400. The van der Waals surface area contributed by atoms with Crippen LogP contribution in [0.25, 0.3) is 0 Å². The smallest absolute Gasteiger partial charge is 0.243 e. The van der Waals surface area contributed by atoms with E-state index in [-0.39, 0.29) is 28.6 Å². The third-order valence-corrected chi connectivity index (χ3v) is 10.5. The molecule has 0 bridgehead atoms. The summed E-state index contributed by atoms with van der Waals surface area (Å²) < 4.78 is 45.7. The molecule has 1 aliphatic heterocycles. The van der Waals surface area contributed by atoms with Gasteiger partial charge in [-0.25, -0.2) is 17.5 Å². The Morgan fingerprint density at radius 3 is 2.24 bits per heavy atom. The predicted molar refractivity (Wildman–Crippen MR) is 165 cm³/mol. The van der Waals surface area contributed by atoms with Gasteiger partial charge in [0.25, 0.3) is 0 Å². The Hall–Kier alpha value is -3.43. The van der Waals surface area contributed by atoms with E-state index in [4.69, 9.17) is 0 Å². The van der Waals surface area contributed by atoms with Crippen LogP contribution < -0.4 is 19.8 Å². The highest BCUT2D eigenvalue weighted by Gasteiger charge is 2.31. The molecule has 0 unspecified atom stereocenters.